The Hall–Kier alpha value is 0.580. The quantitative estimate of drug-likeness (QED) is 0.613. The van der Waals surface area contributed by atoms with Crippen molar-refractivity contribution in [2.45, 2.75) is 43.9 Å². The summed E-state index contributed by atoms with van der Waals surface area (Å²) < 4.78 is -0.398. The summed E-state index contributed by atoms with van der Waals surface area (Å²) >= 11 is 12.1. The Balaban J connectivity index is 1.75. The molecule has 0 nitrogen and oxygen atoms in total. The van der Waals surface area contributed by atoms with Crippen LogP contribution in [0.25, 0.3) is 0 Å². The molecule has 3 unspecified atom stereocenters. The maximum absolute atomic E-state index is 6.05. The lowest BCUT2D eigenvalue weighted by atomic mass is 10.0. The van der Waals surface area contributed by atoms with E-state index in [4.69, 9.17) is 23.2 Å². The van der Waals surface area contributed by atoms with Gasteiger partial charge in [0, 0.05) is 5.41 Å². The summed E-state index contributed by atoms with van der Waals surface area (Å²) in [6.45, 7) is 4.54. The van der Waals surface area contributed by atoms with E-state index in [-0.39, 0.29) is 5.41 Å². The summed E-state index contributed by atoms with van der Waals surface area (Å²) in [5.74, 6) is 1.94. The van der Waals surface area contributed by atoms with Gasteiger partial charge in [0.05, 0.1) is 0 Å². The van der Waals surface area contributed by atoms with E-state index >= 15 is 0 Å². The zero-order valence-electron chi connectivity index (χ0n) is 7.74. The summed E-state index contributed by atoms with van der Waals surface area (Å²) in [4.78, 5) is 0. The Morgan fingerprint density at radius 2 is 1.92 bits per heavy atom. The van der Waals surface area contributed by atoms with E-state index in [1.54, 1.807) is 0 Å². The number of hydrogen-bond donors (Lipinski definition) is 0. The molecular formula is C10H16Cl2. The lowest BCUT2D eigenvalue weighted by molar-refractivity contribution is 0.459. The molecule has 70 valence electrons. The standard InChI is InChI=1S/C10H16Cl2/c1-7-5-8(7)3-4-9(2)6-10(9,11)12/h7-8H,3-6H2,1-2H3. The highest BCUT2D eigenvalue weighted by atomic mass is 35.5. The van der Waals surface area contributed by atoms with Crippen LogP contribution in [0.5, 0.6) is 0 Å². The Morgan fingerprint density at radius 1 is 1.42 bits per heavy atom. The Bertz CT molecular complexity index is 200. The molecule has 2 aliphatic carbocycles. The maximum atomic E-state index is 6.05. The Kier molecular flexibility index (Phi) is 1.94. The first-order valence-corrected chi connectivity index (χ1v) is 5.58. The predicted molar refractivity (Wildman–Crippen MR) is 53.7 cm³/mol. The molecule has 2 aliphatic rings. The lowest BCUT2D eigenvalue weighted by Gasteiger charge is -2.10. The normalized spacial score (nSPS) is 49.0. The van der Waals surface area contributed by atoms with Crippen molar-refractivity contribution < 1.29 is 0 Å². The van der Waals surface area contributed by atoms with Gasteiger partial charge in [-0.05, 0) is 37.5 Å². The minimum absolute atomic E-state index is 0.235. The predicted octanol–water partition coefficient (Wildman–Crippen LogP) is 4.01. The molecule has 0 N–H and O–H groups in total. The fourth-order valence-electron chi connectivity index (χ4n) is 2.02. The Morgan fingerprint density at radius 3 is 2.25 bits per heavy atom. The largest absolute Gasteiger partial charge is 0.124 e. The molecule has 0 aromatic heterocycles. The van der Waals surface area contributed by atoms with Gasteiger partial charge in [-0.15, -0.1) is 23.2 Å². The van der Waals surface area contributed by atoms with E-state index in [1.807, 2.05) is 0 Å². The molecule has 0 radical (unpaired) electrons. The number of hydrogen-bond acceptors (Lipinski definition) is 0. The molecule has 0 aliphatic heterocycles. The molecule has 0 aromatic carbocycles. The van der Waals surface area contributed by atoms with Gasteiger partial charge in [-0.3, -0.25) is 0 Å². The third-order valence-corrected chi connectivity index (χ3v) is 4.89. The lowest BCUT2D eigenvalue weighted by Crippen LogP contribution is -2.04. The van der Waals surface area contributed by atoms with Crippen LogP contribution in [0.3, 0.4) is 0 Å². The summed E-state index contributed by atoms with van der Waals surface area (Å²) in [5.41, 5.74) is 0.235. The van der Waals surface area contributed by atoms with Crippen molar-refractivity contribution in [3.05, 3.63) is 0 Å². The topological polar surface area (TPSA) is 0 Å². The second-order valence-corrected chi connectivity index (χ2v) is 6.44. The van der Waals surface area contributed by atoms with Crippen LogP contribution >= 0.6 is 23.2 Å². The number of alkyl halides is 2. The van der Waals surface area contributed by atoms with Crippen LogP contribution in [0.15, 0.2) is 0 Å². The molecule has 0 heterocycles. The van der Waals surface area contributed by atoms with Crippen LogP contribution in [-0.4, -0.2) is 4.33 Å². The first-order chi connectivity index (χ1) is 5.45. The second-order valence-electron chi connectivity index (χ2n) is 4.95. The molecule has 12 heavy (non-hydrogen) atoms. The van der Waals surface area contributed by atoms with E-state index in [9.17, 15) is 0 Å². The van der Waals surface area contributed by atoms with E-state index in [0.717, 1.165) is 18.3 Å². The van der Waals surface area contributed by atoms with E-state index in [2.05, 4.69) is 13.8 Å². The SMILES string of the molecule is CC1CC1CCC1(C)CC1(Cl)Cl. The van der Waals surface area contributed by atoms with Gasteiger partial charge < -0.3 is 0 Å². The molecule has 0 bridgehead atoms. The molecule has 0 spiro atoms. The van der Waals surface area contributed by atoms with E-state index in [0.29, 0.717) is 0 Å². The fourth-order valence-corrected chi connectivity index (χ4v) is 2.80. The third kappa shape index (κ3) is 1.48. The number of halogens is 2. The first-order valence-electron chi connectivity index (χ1n) is 4.82. The molecule has 2 saturated carbocycles. The molecule has 2 rings (SSSR count). The molecular weight excluding hydrogens is 191 g/mol. The maximum Gasteiger partial charge on any atom is 0.124 e. The molecule has 0 aromatic rings. The van der Waals surface area contributed by atoms with Crippen LogP contribution < -0.4 is 0 Å². The average Bonchev–Trinajstić information content (AvgIpc) is 2.72. The van der Waals surface area contributed by atoms with Gasteiger partial charge in [0.1, 0.15) is 4.33 Å². The molecule has 3 atom stereocenters. The molecule has 0 amide bonds. The van der Waals surface area contributed by atoms with Gasteiger partial charge in [0.2, 0.25) is 0 Å². The van der Waals surface area contributed by atoms with Crippen LogP contribution in [0.4, 0.5) is 0 Å². The summed E-state index contributed by atoms with van der Waals surface area (Å²) in [6, 6.07) is 0. The van der Waals surface area contributed by atoms with Crippen molar-refractivity contribution in [1.82, 2.24) is 0 Å². The fraction of sp³-hybridized carbons (Fsp3) is 1.00. The number of rotatable bonds is 3. The minimum Gasteiger partial charge on any atom is -0.101 e. The highest BCUT2D eigenvalue weighted by molar-refractivity contribution is 6.51. The molecule has 2 heteroatoms. The summed E-state index contributed by atoms with van der Waals surface area (Å²) in [7, 11) is 0. The van der Waals surface area contributed by atoms with Gasteiger partial charge in [-0.2, -0.15) is 0 Å². The van der Waals surface area contributed by atoms with Crippen LogP contribution in [0, 0.1) is 17.3 Å². The zero-order chi connectivity index (χ0) is 8.98. The van der Waals surface area contributed by atoms with Crippen LogP contribution in [0.2, 0.25) is 0 Å². The van der Waals surface area contributed by atoms with Crippen molar-refractivity contribution in [3.63, 3.8) is 0 Å². The van der Waals surface area contributed by atoms with Gasteiger partial charge in [-0.25, -0.2) is 0 Å². The van der Waals surface area contributed by atoms with E-state index in [1.165, 1.54) is 19.3 Å². The van der Waals surface area contributed by atoms with Crippen molar-refractivity contribution in [3.8, 4) is 0 Å². The van der Waals surface area contributed by atoms with Gasteiger partial charge in [0.15, 0.2) is 0 Å². The zero-order valence-corrected chi connectivity index (χ0v) is 9.25. The smallest absolute Gasteiger partial charge is 0.101 e. The minimum atomic E-state index is -0.398. The first kappa shape index (κ1) is 9.15. The van der Waals surface area contributed by atoms with Gasteiger partial charge >= 0.3 is 0 Å². The van der Waals surface area contributed by atoms with Crippen molar-refractivity contribution in [2.75, 3.05) is 0 Å². The summed E-state index contributed by atoms with van der Waals surface area (Å²) in [5, 5.41) is 0. The third-order valence-electron chi connectivity index (χ3n) is 3.71. The van der Waals surface area contributed by atoms with Gasteiger partial charge in [0.25, 0.3) is 0 Å². The molecule has 2 fully saturated rings. The highest BCUT2D eigenvalue weighted by Gasteiger charge is 2.62. The molecule has 0 saturated heterocycles. The van der Waals surface area contributed by atoms with Crippen molar-refractivity contribution in [2.24, 2.45) is 17.3 Å². The monoisotopic (exact) mass is 206 g/mol. The second kappa shape index (κ2) is 2.54. The average molecular weight is 207 g/mol. The van der Waals surface area contributed by atoms with Crippen LogP contribution in [0.1, 0.15) is 39.5 Å². The van der Waals surface area contributed by atoms with Crippen LogP contribution in [-0.2, 0) is 0 Å². The van der Waals surface area contributed by atoms with Crippen molar-refractivity contribution in [1.29, 1.82) is 0 Å². The Labute approximate surface area is 84.6 Å². The highest BCUT2D eigenvalue weighted by Crippen LogP contribution is 2.66. The van der Waals surface area contributed by atoms with E-state index < -0.39 is 4.33 Å². The van der Waals surface area contributed by atoms with Gasteiger partial charge in [-0.1, -0.05) is 13.8 Å². The summed E-state index contributed by atoms with van der Waals surface area (Å²) in [6.07, 6.45) is 4.96. The van der Waals surface area contributed by atoms with Crippen molar-refractivity contribution >= 4 is 23.2 Å².